The van der Waals surface area contributed by atoms with Gasteiger partial charge in [0.15, 0.2) is 0 Å². The second kappa shape index (κ2) is 6.64. The van der Waals surface area contributed by atoms with Crippen LogP contribution in [0.5, 0.6) is 0 Å². The molecule has 0 radical (unpaired) electrons. The van der Waals surface area contributed by atoms with Gasteiger partial charge in [0.2, 0.25) is 0 Å². The van der Waals surface area contributed by atoms with Crippen molar-refractivity contribution in [1.82, 2.24) is 0 Å². The average molecular weight is 305 g/mol. The Morgan fingerprint density at radius 1 is 0.941 bits per heavy atom. The Morgan fingerprint density at radius 3 is 1.59 bits per heavy atom. The van der Waals surface area contributed by atoms with Crippen LogP contribution in [0.25, 0.3) is 0 Å². The van der Waals surface area contributed by atoms with Crippen LogP contribution in [0.15, 0.2) is 24.3 Å². The summed E-state index contributed by atoms with van der Waals surface area (Å²) >= 11 is 5.59. The molecule has 7 nitrogen and oxygen atoms in total. The van der Waals surface area contributed by atoms with Gasteiger partial charge in [0.25, 0.3) is 0 Å². The van der Waals surface area contributed by atoms with Crippen LogP contribution >= 0.6 is 27.0 Å². The summed E-state index contributed by atoms with van der Waals surface area (Å²) in [6.07, 6.45) is -0.232. The maximum Gasteiger partial charge on any atom is 0.466 e. The summed E-state index contributed by atoms with van der Waals surface area (Å²) in [7, 11) is -8.58. The third-order valence-electron chi connectivity index (χ3n) is 1.30. The van der Waals surface area contributed by atoms with E-state index in [-0.39, 0.29) is 6.16 Å². The highest BCUT2D eigenvalue weighted by Crippen LogP contribution is 2.38. The number of benzene rings is 1. The standard InChI is InChI=1S/C7H8ClO3P.H3O4P/c8-7-3-1-6(2-4-7)5-12(9,10)11;1-5(2,3)4/h1-4H,5H2,(H2,9,10,11);(H3,1,2,3,4). The van der Waals surface area contributed by atoms with Crippen molar-refractivity contribution < 1.29 is 33.6 Å². The van der Waals surface area contributed by atoms with Crippen molar-refractivity contribution >= 4 is 27.0 Å². The third kappa shape index (κ3) is 13.7. The predicted octanol–water partition coefficient (Wildman–Crippen LogP) is 1.09. The molecule has 17 heavy (non-hydrogen) atoms. The van der Waals surface area contributed by atoms with E-state index >= 15 is 0 Å². The highest BCUT2D eigenvalue weighted by atomic mass is 35.5. The molecule has 0 fully saturated rings. The van der Waals surface area contributed by atoms with Gasteiger partial charge in [-0.2, -0.15) is 0 Å². The molecule has 0 amide bonds. The predicted molar refractivity (Wildman–Crippen MR) is 61.5 cm³/mol. The molecule has 0 heterocycles. The second-order valence-corrected chi connectivity index (χ2v) is 6.07. The molecule has 0 spiro atoms. The van der Waals surface area contributed by atoms with E-state index in [9.17, 15) is 4.57 Å². The molecule has 0 aromatic heterocycles. The monoisotopic (exact) mass is 304 g/mol. The first kappa shape index (κ1) is 16.8. The number of halogens is 1. The topological polar surface area (TPSA) is 135 Å². The van der Waals surface area contributed by atoms with Crippen LogP contribution in [-0.2, 0) is 15.3 Å². The lowest BCUT2D eigenvalue weighted by atomic mass is 10.2. The van der Waals surface area contributed by atoms with Gasteiger partial charge in [-0.3, -0.25) is 4.57 Å². The SMILES string of the molecule is O=P(O)(O)Cc1ccc(Cl)cc1.O=P(O)(O)O. The van der Waals surface area contributed by atoms with Gasteiger partial charge in [-0.25, -0.2) is 4.57 Å². The molecule has 1 rings (SSSR count). The van der Waals surface area contributed by atoms with E-state index < -0.39 is 15.4 Å². The quantitative estimate of drug-likeness (QED) is 0.516. The van der Waals surface area contributed by atoms with E-state index in [1.807, 2.05) is 0 Å². The smallest absolute Gasteiger partial charge is 0.324 e. The lowest BCUT2D eigenvalue weighted by Crippen LogP contribution is -1.85. The van der Waals surface area contributed by atoms with Crippen molar-refractivity contribution in [3.8, 4) is 0 Å². The molecular formula is C7H11ClO7P2. The van der Waals surface area contributed by atoms with E-state index in [1.165, 1.54) is 0 Å². The molecule has 0 aliphatic carbocycles. The minimum atomic E-state index is -4.64. The lowest BCUT2D eigenvalue weighted by molar-refractivity contribution is 0.275. The zero-order valence-corrected chi connectivity index (χ0v) is 10.9. The van der Waals surface area contributed by atoms with Crippen LogP contribution in [0.4, 0.5) is 0 Å². The maximum absolute atomic E-state index is 10.5. The summed E-state index contributed by atoms with van der Waals surface area (Å²) in [5.41, 5.74) is 0.590. The first-order valence-corrected chi connectivity index (χ1v) is 7.79. The summed E-state index contributed by atoms with van der Waals surface area (Å²) in [5.74, 6) is 0. The van der Waals surface area contributed by atoms with E-state index in [4.69, 9.17) is 40.6 Å². The zero-order valence-electron chi connectivity index (χ0n) is 8.34. The fraction of sp³-hybridized carbons (Fsp3) is 0.143. The summed E-state index contributed by atoms with van der Waals surface area (Å²) in [6, 6.07) is 6.40. The molecule has 1 aromatic rings. The van der Waals surface area contributed by atoms with E-state index in [2.05, 4.69) is 0 Å². The number of phosphoric acid groups is 1. The van der Waals surface area contributed by atoms with E-state index in [0.717, 1.165) is 0 Å². The number of rotatable bonds is 2. The molecule has 98 valence electrons. The van der Waals surface area contributed by atoms with Crippen molar-refractivity contribution in [2.75, 3.05) is 0 Å². The first-order valence-electron chi connectivity index (χ1n) is 4.05. The number of hydrogen-bond acceptors (Lipinski definition) is 2. The molecule has 1 aromatic carbocycles. The summed E-state index contributed by atoms with van der Waals surface area (Å²) < 4.78 is 19.4. The van der Waals surface area contributed by atoms with Crippen LogP contribution in [0.2, 0.25) is 5.02 Å². The Balaban J connectivity index is 0.000000437. The fourth-order valence-corrected chi connectivity index (χ4v) is 1.64. The van der Waals surface area contributed by atoms with Crippen LogP contribution in [0.3, 0.4) is 0 Å². The molecular weight excluding hydrogens is 293 g/mol. The average Bonchev–Trinajstić information content (AvgIpc) is 2.03. The lowest BCUT2D eigenvalue weighted by Gasteiger charge is -2.02. The zero-order chi connectivity index (χ0) is 13.7. The van der Waals surface area contributed by atoms with Crippen LogP contribution in [0, 0.1) is 0 Å². The van der Waals surface area contributed by atoms with Crippen LogP contribution < -0.4 is 0 Å². The second-order valence-electron chi connectivity index (χ2n) is 2.96. The first-order chi connectivity index (χ1) is 7.47. The highest BCUT2D eigenvalue weighted by Gasteiger charge is 2.13. The maximum atomic E-state index is 10.5. The van der Waals surface area contributed by atoms with E-state index in [1.54, 1.807) is 24.3 Å². The van der Waals surface area contributed by atoms with Crippen molar-refractivity contribution in [2.45, 2.75) is 6.16 Å². The summed E-state index contributed by atoms with van der Waals surface area (Å²) in [6.45, 7) is 0. The van der Waals surface area contributed by atoms with Gasteiger partial charge in [-0.1, -0.05) is 23.7 Å². The Bertz CT molecular complexity index is 426. The molecule has 0 saturated heterocycles. The molecule has 0 unspecified atom stereocenters. The largest absolute Gasteiger partial charge is 0.466 e. The summed E-state index contributed by atoms with van der Waals surface area (Å²) in [4.78, 5) is 38.8. The van der Waals surface area contributed by atoms with Gasteiger partial charge in [-0.05, 0) is 17.7 Å². The van der Waals surface area contributed by atoms with Crippen molar-refractivity contribution in [3.05, 3.63) is 34.9 Å². The van der Waals surface area contributed by atoms with Gasteiger partial charge in [-0.15, -0.1) is 0 Å². The highest BCUT2D eigenvalue weighted by molar-refractivity contribution is 7.50. The third-order valence-corrected chi connectivity index (χ3v) is 2.33. The Kier molecular flexibility index (Phi) is 6.55. The Labute approximate surface area is 102 Å². The molecule has 0 saturated carbocycles. The van der Waals surface area contributed by atoms with Crippen molar-refractivity contribution in [2.24, 2.45) is 0 Å². The van der Waals surface area contributed by atoms with Crippen LogP contribution in [-0.4, -0.2) is 24.5 Å². The molecule has 10 heteroatoms. The molecule has 0 bridgehead atoms. The Hall–Kier alpha value is -0.230. The fourth-order valence-electron chi connectivity index (χ4n) is 0.828. The summed E-state index contributed by atoms with van der Waals surface area (Å²) in [5, 5.41) is 0.560. The van der Waals surface area contributed by atoms with Crippen LogP contribution in [0.1, 0.15) is 5.56 Å². The van der Waals surface area contributed by atoms with Crippen molar-refractivity contribution in [3.63, 3.8) is 0 Å². The van der Waals surface area contributed by atoms with Gasteiger partial charge in [0.05, 0.1) is 6.16 Å². The minimum Gasteiger partial charge on any atom is -0.324 e. The normalized spacial score (nSPS) is 11.6. The van der Waals surface area contributed by atoms with Gasteiger partial charge < -0.3 is 24.5 Å². The van der Waals surface area contributed by atoms with Gasteiger partial charge in [0.1, 0.15) is 0 Å². The molecule has 0 aliphatic heterocycles. The van der Waals surface area contributed by atoms with Gasteiger partial charge in [0, 0.05) is 5.02 Å². The van der Waals surface area contributed by atoms with Gasteiger partial charge >= 0.3 is 15.4 Å². The van der Waals surface area contributed by atoms with E-state index in [0.29, 0.717) is 10.6 Å². The number of hydrogen-bond donors (Lipinski definition) is 5. The van der Waals surface area contributed by atoms with Crippen molar-refractivity contribution in [1.29, 1.82) is 0 Å². The Morgan fingerprint density at radius 2 is 1.29 bits per heavy atom. The minimum absolute atomic E-state index is 0.232. The molecule has 5 N–H and O–H groups in total. The molecule has 0 aliphatic rings. The molecule has 0 atom stereocenters.